The minimum absolute atomic E-state index is 0. The Morgan fingerprint density at radius 3 is 2.44 bits per heavy atom. The van der Waals surface area contributed by atoms with Crippen LogP contribution in [0.2, 0.25) is 0 Å². The maximum absolute atomic E-state index is 11.7. The molecule has 0 unspecified atom stereocenters. The lowest BCUT2D eigenvalue weighted by Gasteiger charge is -2.36. The molecule has 2 aromatic carbocycles. The van der Waals surface area contributed by atoms with Gasteiger partial charge in [0.25, 0.3) is 0 Å². The molecule has 1 aliphatic carbocycles. The summed E-state index contributed by atoms with van der Waals surface area (Å²) in [6, 6.07) is 12.2. The van der Waals surface area contributed by atoms with Gasteiger partial charge in [0.2, 0.25) is 0 Å². The molecule has 0 radical (unpaired) electrons. The zero-order valence-corrected chi connectivity index (χ0v) is 26.5. The predicted molar refractivity (Wildman–Crippen MR) is 166 cm³/mol. The fourth-order valence-corrected chi connectivity index (χ4v) is 6.14. The average molecular weight is 604 g/mol. The summed E-state index contributed by atoms with van der Waals surface area (Å²) >= 11 is 0. The van der Waals surface area contributed by atoms with Gasteiger partial charge >= 0.3 is 0 Å². The van der Waals surface area contributed by atoms with Crippen molar-refractivity contribution in [1.82, 2.24) is 10.2 Å². The number of nitrogens with one attached hydrogen (secondary N) is 1. The first-order valence-electron chi connectivity index (χ1n) is 13.8. The van der Waals surface area contributed by atoms with Gasteiger partial charge in [-0.1, -0.05) is 38.0 Å². The van der Waals surface area contributed by atoms with E-state index >= 15 is 0 Å². The molecule has 0 bridgehead atoms. The van der Waals surface area contributed by atoms with Gasteiger partial charge in [-0.2, -0.15) is 0 Å². The molecule has 0 heterocycles. The van der Waals surface area contributed by atoms with Crippen LogP contribution < -0.4 is 14.8 Å². The van der Waals surface area contributed by atoms with E-state index < -0.39 is 9.84 Å². The van der Waals surface area contributed by atoms with Crippen molar-refractivity contribution in [2.24, 2.45) is 0 Å². The van der Waals surface area contributed by atoms with E-state index in [0.717, 1.165) is 56.0 Å². The topological polar surface area (TPSA) is 67.9 Å². The number of rotatable bonds is 16. The molecule has 39 heavy (non-hydrogen) atoms. The first kappa shape index (κ1) is 35.5. The number of hydrogen-bond acceptors (Lipinski definition) is 6. The van der Waals surface area contributed by atoms with Crippen LogP contribution in [-0.2, 0) is 29.1 Å². The summed E-state index contributed by atoms with van der Waals surface area (Å²) in [6.45, 7) is 6.49. The van der Waals surface area contributed by atoms with Gasteiger partial charge in [0, 0.05) is 17.9 Å². The number of ether oxygens (including phenoxy) is 2. The van der Waals surface area contributed by atoms with Crippen LogP contribution in [0, 0.1) is 0 Å². The number of hydrogen-bond donors (Lipinski definition) is 1. The summed E-state index contributed by atoms with van der Waals surface area (Å²) in [7, 11) is 0.302. The highest BCUT2D eigenvalue weighted by molar-refractivity contribution is 7.90. The number of unbranched alkanes of at least 4 members (excludes halogenated alkanes) is 3. The second-order valence-corrected chi connectivity index (χ2v) is 12.2. The molecule has 2 aromatic rings. The summed E-state index contributed by atoms with van der Waals surface area (Å²) in [5.41, 5.74) is 3.80. The van der Waals surface area contributed by atoms with Crippen molar-refractivity contribution in [2.75, 3.05) is 46.7 Å². The Kier molecular flexibility index (Phi) is 16.4. The van der Waals surface area contributed by atoms with Gasteiger partial charge in [-0.05, 0) is 100 Å². The zero-order valence-electron chi connectivity index (χ0n) is 24.0. The van der Waals surface area contributed by atoms with Crippen LogP contribution in [0.15, 0.2) is 41.3 Å². The van der Waals surface area contributed by atoms with Crippen molar-refractivity contribution in [3.8, 4) is 11.5 Å². The van der Waals surface area contributed by atoms with E-state index in [0.29, 0.717) is 10.9 Å². The van der Waals surface area contributed by atoms with Crippen molar-refractivity contribution in [3.63, 3.8) is 0 Å². The molecule has 0 saturated heterocycles. The first-order valence-corrected chi connectivity index (χ1v) is 15.7. The number of halogens is 2. The molecule has 6 nitrogen and oxygen atoms in total. The summed E-state index contributed by atoms with van der Waals surface area (Å²) in [4.78, 5) is 3.11. The lowest BCUT2D eigenvalue weighted by Crippen LogP contribution is -2.40. The van der Waals surface area contributed by atoms with E-state index in [1.165, 1.54) is 62.5 Å². The molecule has 0 aliphatic heterocycles. The molecule has 222 valence electrons. The standard InChI is InChI=1S/C30H46N2O4S.2ClH/c1-5-20-32(26-14-15-28-25(23-26)13-16-29(35-2)30(28)36-3)21-9-7-6-8-18-31-19-17-24-11-10-12-27(22-24)37(4,33)34;;/h10-13,16,22,26,31H,5-9,14-15,17-21,23H2,1-4H3;2*1H/t26-;;/m0../s1. The van der Waals surface area contributed by atoms with E-state index in [-0.39, 0.29) is 24.8 Å². The van der Waals surface area contributed by atoms with Crippen LogP contribution >= 0.6 is 24.8 Å². The number of methoxy groups -OCH3 is 2. The highest BCUT2D eigenvalue weighted by Gasteiger charge is 2.27. The molecule has 1 N–H and O–H groups in total. The highest BCUT2D eigenvalue weighted by atomic mass is 35.5. The molecular formula is C30H48Cl2N2O4S. The number of fused-ring (bicyclic) bond motifs is 1. The number of benzene rings is 2. The molecule has 0 aromatic heterocycles. The smallest absolute Gasteiger partial charge is 0.175 e. The molecule has 0 spiro atoms. The summed E-state index contributed by atoms with van der Waals surface area (Å²) in [6.07, 6.45) is 11.5. The van der Waals surface area contributed by atoms with Crippen molar-refractivity contribution in [3.05, 3.63) is 53.1 Å². The fraction of sp³-hybridized carbons (Fsp3) is 0.600. The average Bonchev–Trinajstić information content (AvgIpc) is 2.90. The van der Waals surface area contributed by atoms with Crippen molar-refractivity contribution >= 4 is 34.7 Å². The van der Waals surface area contributed by atoms with Gasteiger partial charge in [-0.15, -0.1) is 24.8 Å². The summed E-state index contributed by atoms with van der Waals surface area (Å²) in [5.74, 6) is 1.75. The minimum atomic E-state index is -3.14. The van der Waals surface area contributed by atoms with Gasteiger partial charge in [0.1, 0.15) is 0 Å². The van der Waals surface area contributed by atoms with Gasteiger partial charge < -0.3 is 19.7 Å². The predicted octanol–water partition coefficient (Wildman–Crippen LogP) is 5.91. The summed E-state index contributed by atoms with van der Waals surface area (Å²) in [5, 5.41) is 3.51. The van der Waals surface area contributed by atoms with E-state index in [1.807, 2.05) is 18.2 Å². The van der Waals surface area contributed by atoms with Crippen molar-refractivity contribution in [2.45, 2.75) is 75.6 Å². The van der Waals surface area contributed by atoms with Crippen LogP contribution in [0.4, 0.5) is 0 Å². The maximum Gasteiger partial charge on any atom is 0.175 e. The van der Waals surface area contributed by atoms with Gasteiger partial charge in [0.05, 0.1) is 19.1 Å². The Morgan fingerprint density at radius 1 is 0.974 bits per heavy atom. The normalized spacial score (nSPS) is 14.7. The van der Waals surface area contributed by atoms with Crippen LogP contribution in [0.3, 0.4) is 0 Å². The third-order valence-electron chi connectivity index (χ3n) is 7.42. The lowest BCUT2D eigenvalue weighted by atomic mass is 9.86. The highest BCUT2D eigenvalue weighted by Crippen LogP contribution is 2.38. The second kappa shape index (κ2) is 18.0. The van der Waals surface area contributed by atoms with Crippen LogP contribution in [-0.4, -0.2) is 66.0 Å². The zero-order chi connectivity index (χ0) is 26.7. The SMILES string of the molecule is CCCN(CCCCCCNCCc1cccc(S(C)(=O)=O)c1)[C@H]1CCc2c(ccc(OC)c2OC)C1.Cl.Cl. The van der Waals surface area contributed by atoms with E-state index in [4.69, 9.17) is 9.47 Å². The Hall–Kier alpha value is -1.51. The van der Waals surface area contributed by atoms with Gasteiger partial charge in [-0.3, -0.25) is 0 Å². The van der Waals surface area contributed by atoms with Crippen LogP contribution in [0.1, 0.15) is 62.1 Å². The summed E-state index contributed by atoms with van der Waals surface area (Å²) < 4.78 is 34.6. The Labute approximate surface area is 249 Å². The Bertz CT molecular complexity index is 1100. The molecule has 1 atom stereocenters. The van der Waals surface area contributed by atoms with Crippen LogP contribution in [0.25, 0.3) is 0 Å². The molecule has 0 amide bonds. The molecule has 1 aliphatic rings. The minimum Gasteiger partial charge on any atom is -0.493 e. The monoisotopic (exact) mass is 602 g/mol. The third-order valence-corrected chi connectivity index (χ3v) is 8.53. The van der Waals surface area contributed by atoms with Crippen LogP contribution in [0.5, 0.6) is 11.5 Å². The number of sulfone groups is 1. The Morgan fingerprint density at radius 2 is 1.74 bits per heavy atom. The molecular weight excluding hydrogens is 555 g/mol. The second-order valence-electron chi connectivity index (χ2n) is 10.2. The third kappa shape index (κ3) is 10.8. The van der Waals surface area contributed by atoms with Gasteiger partial charge in [0.15, 0.2) is 21.3 Å². The van der Waals surface area contributed by atoms with Crippen molar-refractivity contribution in [1.29, 1.82) is 0 Å². The quantitative estimate of drug-likeness (QED) is 0.241. The molecule has 0 fully saturated rings. The van der Waals surface area contributed by atoms with E-state index in [1.54, 1.807) is 26.4 Å². The fourth-order valence-electron chi connectivity index (χ4n) is 5.45. The number of nitrogens with zero attached hydrogens (tertiary/aromatic N) is 1. The van der Waals surface area contributed by atoms with Gasteiger partial charge in [-0.25, -0.2) is 8.42 Å². The lowest BCUT2D eigenvalue weighted by molar-refractivity contribution is 0.175. The first-order chi connectivity index (χ1) is 17.9. The van der Waals surface area contributed by atoms with E-state index in [9.17, 15) is 8.42 Å². The maximum atomic E-state index is 11.7. The van der Waals surface area contributed by atoms with Crippen molar-refractivity contribution < 1.29 is 17.9 Å². The molecule has 0 saturated carbocycles. The molecule has 9 heteroatoms. The Balaban J connectivity index is 0.00000380. The largest absolute Gasteiger partial charge is 0.493 e. The van der Waals surface area contributed by atoms with E-state index in [2.05, 4.69) is 23.2 Å². The molecule has 3 rings (SSSR count).